The van der Waals surface area contributed by atoms with Gasteiger partial charge >= 0.3 is 360 Å². The predicted octanol–water partition coefficient (Wildman–Crippen LogP) is 16.7. The molecule has 0 fully saturated rings. The van der Waals surface area contributed by atoms with Gasteiger partial charge in [-0.3, -0.25) is 0 Å². The molecule has 2 aliphatic carbocycles. The zero-order chi connectivity index (χ0) is 41.0. The van der Waals surface area contributed by atoms with Crippen molar-refractivity contribution in [2.45, 2.75) is 87.6 Å². The molecule has 0 nitrogen and oxygen atoms in total. The third kappa shape index (κ3) is 7.05. The molecule has 58 heavy (non-hydrogen) atoms. The Labute approximate surface area is 356 Å². The number of hydrogen-bond donors (Lipinski definition) is 0. The van der Waals surface area contributed by atoms with Gasteiger partial charge in [0.25, 0.3) is 0 Å². The third-order valence-corrected chi connectivity index (χ3v) is 64.9. The first kappa shape index (κ1) is 41.2. The van der Waals surface area contributed by atoms with Gasteiger partial charge in [0.15, 0.2) is 0 Å². The van der Waals surface area contributed by atoms with Gasteiger partial charge in [-0.1, -0.05) is 0 Å². The first-order chi connectivity index (χ1) is 27.8. The fourth-order valence-corrected chi connectivity index (χ4v) is 42.2. The van der Waals surface area contributed by atoms with Crippen molar-refractivity contribution in [3.63, 3.8) is 0 Å². The Kier molecular flexibility index (Phi) is 11.5. The van der Waals surface area contributed by atoms with Gasteiger partial charge in [0.05, 0.1) is 0 Å². The van der Waals surface area contributed by atoms with Crippen LogP contribution in [-0.2, 0) is 15.6 Å². The minimum absolute atomic E-state index is 0.0375. The van der Waals surface area contributed by atoms with E-state index in [1.807, 2.05) is 0 Å². The molecule has 4 heteroatoms. The van der Waals surface area contributed by atoms with E-state index in [0.717, 1.165) is 25.7 Å². The van der Waals surface area contributed by atoms with Gasteiger partial charge in [-0.2, -0.15) is 0 Å². The summed E-state index contributed by atoms with van der Waals surface area (Å²) in [6.45, 7) is 18.5. The van der Waals surface area contributed by atoms with E-state index in [1.165, 1.54) is 100 Å². The van der Waals surface area contributed by atoms with Crippen LogP contribution >= 0.6 is 17.0 Å². The fourth-order valence-electron chi connectivity index (χ4n) is 10.7. The van der Waals surface area contributed by atoms with Crippen LogP contribution in [0.25, 0.3) is 56.7 Å². The summed E-state index contributed by atoms with van der Waals surface area (Å²) >= 11 is -5.07. The van der Waals surface area contributed by atoms with Crippen molar-refractivity contribution in [3.8, 4) is 44.5 Å². The number of halogens is 2. The maximum atomic E-state index is 9.02. The van der Waals surface area contributed by atoms with Crippen LogP contribution in [-0.4, -0.2) is 5.92 Å². The van der Waals surface area contributed by atoms with E-state index in [9.17, 15) is 0 Å². The van der Waals surface area contributed by atoms with Gasteiger partial charge in [-0.15, -0.1) is 0 Å². The number of fused-ring (bicyclic) bond motifs is 2. The van der Waals surface area contributed by atoms with Crippen LogP contribution in [0.4, 0.5) is 0 Å². The first-order valence-electron chi connectivity index (χ1n) is 21.4. The van der Waals surface area contributed by atoms with E-state index in [2.05, 4.69) is 188 Å². The molecule has 6 aromatic rings. The molecule has 0 radical (unpaired) electrons. The van der Waals surface area contributed by atoms with Crippen molar-refractivity contribution in [2.24, 2.45) is 0 Å². The van der Waals surface area contributed by atoms with Crippen LogP contribution in [0.1, 0.15) is 91.3 Å². The zero-order valence-electron chi connectivity index (χ0n) is 35.5. The summed E-state index contributed by atoms with van der Waals surface area (Å²) < 4.78 is 0.0751. The van der Waals surface area contributed by atoms with Crippen LogP contribution in [0.3, 0.4) is 0 Å². The van der Waals surface area contributed by atoms with Crippen LogP contribution in [0.5, 0.6) is 0 Å². The summed E-state index contributed by atoms with van der Waals surface area (Å²) in [5, 5.41) is 0. The van der Waals surface area contributed by atoms with Gasteiger partial charge in [-0.05, 0) is 0 Å². The number of aryl methyl sites for hydroxylation is 4. The third-order valence-electron chi connectivity index (χ3n) is 13.1. The molecule has 0 saturated heterocycles. The number of hydrogen-bond acceptors (Lipinski definition) is 0. The molecule has 0 aliphatic heterocycles. The van der Waals surface area contributed by atoms with Crippen molar-refractivity contribution in [3.05, 3.63) is 177 Å². The maximum absolute atomic E-state index is 9.02. The van der Waals surface area contributed by atoms with Gasteiger partial charge in [0.2, 0.25) is 0 Å². The predicted molar refractivity (Wildman–Crippen MR) is 255 cm³/mol. The Hall–Kier alpha value is -3.52. The number of benzene rings is 6. The average Bonchev–Trinajstić information content (AvgIpc) is 3.76. The topological polar surface area (TPSA) is 0 Å². The summed E-state index contributed by atoms with van der Waals surface area (Å²) in [7, 11) is 18.0. The Morgan fingerprint density at radius 2 is 0.845 bits per heavy atom. The molecular weight excluding hydrogens is 839 g/mol. The zero-order valence-corrected chi connectivity index (χ0v) is 40.6. The SMILES string of the molecule is CCCC1=Cc2c(ccc(-c3ccccc3)c2-c2cc(C)cc(C)c2)[CH]1[Zr]([Cl])([Cl])([CH]1C(CCC)=Cc2c1ccc(-c1ccccc1)c2-c1cc(C)cc(C)c1)[SiH](C)C. The van der Waals surface area contributed by atoms with Gasteiger partial charge < -0.3 is 0 Å². The quantitative estimate of drug-likeness (QED) is 0.114. The number of rotatable bonds is 11. The summed E-state index contributed by atoms with van der Waals surface area (Å²) in [4.78, 5) is 0. The average molecular weight is 896 g/mol. The van der Waals surface area contributed by atoms with Crippen LogP contribution < -0.4 is 0 Å². The molecule has 6 aromatic carbocycles. The van der Waals surface area contributed by atoms with Gasteiger partial charge in [-0.25, -0.2) is 0 Å². The minimum atomic E-state index is -5.07. The molecule has 0 bridgehead atoms. The van der Waals surface area contributed by atoms with Crippen molar-refractivity contribution in [2.75, 3.05) is 0 Å². The Bertz CT molecular complexity index is 2380. The van der Waals surface area contributed by atoms with Crippen molar-refractivity contribution in [1.82, 2.24) is 0 Å². The van der Waals surface area contributed by atoms with E-state index in [-0.39, 0.29) is 7.25 Å². The van der Waals surface area contributed by atoms with Gasteiger partial charge in [0.1, 0.15) is 0 Å². The van der Waals surface area contributed by atoms with Gasteiger partial charge in [0, 0.05) is 0 Å². The monoisotopic (exact) mass is 893 g/mol. The van der Waals surface area contributed by atoms with Crippen LogP contribution in [0, 0.1) is 27.7 Å². The summed E-state index contributed by atoms with van der Waals surface area (Å²) in [6.07, 6.45) is 9.19. The number of allylic oxidation sites excluding steroid dienone is 2. The molecular formula is C54H57Cl2SiZr. The summed E-state index contributed by atoms with van der Waals surface area (Å²) in [5.74, 6) is -1.76. The second-order valence-electron chi connectivity index (χ2n) is 17.7. The molecule has 0 aromatic heterocycles. The molecule has 2 atom stereocenters. The Morgan fingerprint density at radius 3 is 1.17 bits per heavy atom. The first-order valence-corrected chi connectivity index (χ1v) is 37.7. The molecule has 0 spiro atoms. The molecule has 2 unspecified atom stereocenters. The molecule has 0 saturated carbocycles. The molecule has 0 N–H and O–H groups in total. The van der Waals surface area contributed by atoms with Crippen molar-refractivity contribution >= 4 is 35.1 Å². The molecule has 0 heterocycles. The van der Waals surface area contributed by atoms with E-state index in [1.54, 1.807) is 0 Å². The van der Waals surface area contributed by atoms with E-state index < -0.39 is 21.5 Å². The van der Waals surface area contributed by atoms with Crippen LogP contribution in [0.2, 0.25) is 13.1 Å². The fraction of sp³-hybridized carbons (Fsp3) is 0.259. The second kappa shape index (κ2) is 16.2. The summed E-state index contributed by atoms with van der Waals surface area (Å²) in [6, 6.07) is 45.5. The van der Waals surface area contributed by atoms with Crippen molar-refractivity contribution < 1.29 is 15.6 Å². The standard InChI is InChI=1S/2C26H25.C2H7Si.2ClH.Zr/c2*1-4-8-20-16-22-11-12-24(21-9-6-5-7-10-21)26(25(22)17-20)23-14-18(2)13-19(3)15-23;1-3-2;;;/h2*5-7,9-17H,4,8H2,1-3H3;3H,1-2H3;2*1H;/q;;;;;+2/p-2. The van der Waals surface area contributed by atoms with Crippen LogP contribution in [0.15, 0.2) is 132 Å². The second-order valence-corrected chi connectivity index (χ2v) is 60.2. The molecule has 0 amide bonds. The molecule has 2 aliphatic rings. The van der Waals surface area contributed by atoms with Crippen molar-refractivity contribution in [1.29, 1.82) is 0 Å². The molecule has 295 valence electrons. The normalized spacial score (nSPS) is 16.8. The Morgan fingerprint density at radius 1 is 0.483 bits per heavy atom. The summed E-state index contributed by atoms with van der Waals surface area (Å²) in [5.41, 5.74) is 23.5. The van der Waals surface area contributed by atoms with E-state index >= 15 is 0 Å². The van der Waals surface area contributed by atoms with E-state index in [0.29, 0.717) is 0 Å². The van der Waals surface area contributed by atoms with E-state index in [4.69, 9.17) is 17.0 Å². The molecule has 8 rings (SSSR count). The Balaban J connectivity index is 1.42.